The van der Waals surface area contributed by atoms with Crippen molar-refractivity contribution in [2.75, 3.05) is 6.26 Å². The molecule has 1 aromatic carbocycles. The van der Waals surface area contributed by atoms with E-state index in [1.807, 2.05) is 6.26 Å². The van der Waals surface area contributed by atoms with E-state index in [4.69, 9.17) is 0 Å². The number of rotatable bonds is 4. The molecule has 7 heteroatoms. The summed E-state index contributed by atoms with van der Waals surface area (Å²) in [6.07, 6.45) is 1.90. The highest BCUT2D eigenvalue weighted by Gasteiger charge is 2.15. The molecule has 1 aromatic heterocycles. The highest BCUT2D eigenvalue weighted by Crippen LogP contribution is 2.36. The van der Waals surface area contributed by atoms with Crippen LogP contribution in [0, 0.1) is 5.82 Å². The third-order valence-electron chi connectivity index (χ3n) is 2.10. The van der Waals surface area contributed by atoms with Crippen LogP contribution in [0.2, 0.25) is 0 Å². The van der Waals surface area contributed by atoms with Crippen LogP contribution in [0.15, 0.2) is 31.8 Å². The van der Waals surface area contributed by atoms with Crippen molar-refractivity contribution in [3.63, 3.8) is 0 Å². The van der Waals surface area contributed by atoms with Gasteiger partial charge in [0, 0.05) is 5.56 Å². The lowest BCUT2D eigenvalue weighted by Crippen LogP contribution is -1.97. The average molecular weight is 300 g/mol. The summed E-state index contributed by atoms with van der Waals surface area (Å²) < 4.78 is 15.2. The maximum atomic E-state index is 13.8. The number of ketones is 1. The number of aromatic nitrogens is 2. The normalized spacial score (nSPS) is 10.6. The van der Waals surface area contributed by atoms with E-state index in [0.717, 1.165) is 16.1 Å². The molecule has 0 amide bonds. The van der Waals surface area contributed by atoms with Gasteiger partial charge in [-0.3, -0.25) is 4.79 Å². The zero-order valence-corrected chi connectivity index (χ0v) is 12.1. The lowest BCUT2D eigenvalue weighted by atomic mass is 10.1. The maximum absolute atomic E-state index is 13.8. The highest BCUT2D eigenvalue weighted by atomic mass is 32.2. The van der Waals surface area contributed by atoms with Gasteiger partial charge in [-0.1, -0.05) is 47.0 Å². The molecule has 0 fully saturated rings. The van der Waals surface area contributed by atoms with Gasteiger partial charge in [0.1, 0.15) is 5.82 Å². The van der Waals surface area contributed by atoms with E-state index >= 15 is 0 Å². The SMILES string of the molecule is CSc1nnc(Sc2c(F)cccc2C(C)=O)s1. The van der Waals surface area contributed by atoms with Gasteiger partial charge in [0.15, 0.2) is 14.5 Å². The van der Waals surface area contributed by atoms with Crippen molar-refractivity contribution in [1.82, 2.24) is 10.2 Å². The predicted molar refractivity (Wildman–Crippen MR) is 72.2 cm³/mol. The number of carbonyl (C=O) groups is 1. The van der Waals surface area contributed by atoms with Crippen molar-refractivity contribution in [1.29, 1.82) is 0 Å². The van der Waals surface area contributed by atoms with Crippen molar-refractivity contribution < 1.29 is 9.18 Å². The molecule has 0 spiro atoms. The van der Waals surface area contributed by atoms with Crippen molar-refractivity contribution in [3.05, 3.63) is 29.6 Å². The molecule has 0 aliphatic heterocycles. The number of hydrogen-bond acceptors (Lipinski definition) is 6. The molecule has 0 saturated heterocycles. The van der Waals surface area contributed by atoms with E-state index in [1.165, 1.54) is 42.2 Å². The number of thioether (sulfide) groups is 1. The summed E-state index contributed by atoms with van der Waals surface area (Å²) in [4.78, 5) is 11.8. The summed E-state index contributed by atoms with van der Waals surface area (Å²) in [6, 6.07) is 4.49. The topological polar surface area (TPSA) is 42.9 Å². The van der Waals surface area contributed by atoms with E-state index in [-0.39, 0.29) is 5.78 Å². The number of Topliss-reactive ketones (excluding diaryl/α,β-unsaturated/α-hetero) is 1. The second-order valence-electron chi connectivity index (χ2n) is 3.31. The van der Waals surface area contributed by atoms with Gasteiger partial charge in [0.05, 0.1) is 4.90 Å². The smallest absolute Gasteiger partial charge is 0.180 e. The predicted octanol–water partition coefficient (Wildman–Crippen LogP) is 3.75. The Morgan fingerprint density at radius 3 is 2.67 bits per heavy atom. The Bertz CT molecular complexity index is 585. The van der Waals surface area contributed by atoms with Crippen LogP contribution in [0.4, 0.5) is 4.39 Å². The zero-order valence-electron chi connectivity index (χ0n) is 9.64. The largest absolute Gasteiger partial charge is 0.294 e. The van der Waals surface area contributed by atoms with E-state index in [2.05, 4.69) is 10.2 Å². The van der Waals surface area contributed by atoms with Crippen LogP contribution in [-0.4, -0.2) is 22.2 Å². The Balaban J connectivity index is 2.36. The van der Waals surface area contributed by atoms with E-state index in [1.54, 1.807) is 6.07 Å². The minimum absolute atomic E-state index is 0.161. The van der Waals surface area contributed by atoms with E-state index < -0.39 is 5.82 Å². The fourth-order valence-corrected chi connectivity index (χ4v) is 3.86. The lowest BCUT2D eigenvalue weighted by Gasteiger charge is -2.05. The molecule has 0 radical (unpaired) electrons. The Morgan fingerprint density at radius 2 is 2.06 bits per heavy atom. The summed E-state index contributed by atoms with van der Waals surface area (Å²) in [5, 5.41) is 7.89. The Morgan fingerprint density at radius 1 is 1.33 bits per heavy atom. The first-order chi connectivity index (χ1) is 8.61. The third-order valence-corrected chi connectivity index (χ3v) is 5.17. The van der Waals surface area contributed by atoms with Gasteiger partial charge in [-0.25, -0.2) is 4.39 Å². The number of benzene rings is 1. The summed E-state index contributed by atoms with van der Waals surface area (Å²) in [6.45, 7) is 1.42. The monoisotopic (exact) mass is 300 g/mol. The number of hydrogen-bond donors (Lipinski definition) is 0. The van der Waals surface area contributed by atoms with Crippen LogP contribution in [0.5, 0.6) is 0 Å². The summed E-state index contributed by atoms with van der Waals surface area (Å²) >= 11 is 4.01. The second-order valence-corrected chi connectivity index (χ2v) is 6.60. The van der Waals surface area contributed by atoms with Crippen LogP contribution in [0.25, 0.3) is 0 Å². The molecule has 18 heavy (non-hydrogen) atoms. The molecule has 0 N–H and O–H groups in total. The molecule has 3 nitrogen and oxygen atoms in total. The molecule has 0 atom stereocenters. The maximum Gasteiger partial charge on any atom is 0.180 e. The van der Waals surface area contributed by atoms with Crippen LogP contribution >= 0.6 is 34.9 Å². The van der Waals surface area contributed by atoms with Gasteiger partial charge in [-0.2, -0.15) is 0 Å². The van der Waals surface area contributed by atoms with E-state index in [0.29, 0.717) is 14.8 Å². The fourth-order valence-electron chi connectivity index (χ4n) is 1.30. The van der Waals surface area contributed by atoms with Crippen molar-refractivity contribution >= 4 is 40.6 Å². The summed E-state index contributed by atoms with van der Waals surface area (Å²) in [5.41, 5.74) is 0.376. The first kappa shape index (κ1) is 13.5. The summed E-state index contributed by atoms with van der Waals surface area (Å²) in [5.74, 6) is -0.569. The van der Waals surface area contributed by atoms with Gasteiger partial charge in [0.25, 0.3) is 0 Å². The molecular weight excluding hydrogens is 291 g/mol. The van der Waals surface area contributed by atoms with Crippen LogP contribution in [0.1, 0.15) is 17.3 Å². The van der Waals surface area contributed by atoms with Crippen molar-refractivity contribution in [2.24, 2.45) is 0 Å². The van der Waals surface area contributed by atoms with Crippen molar-refractivity contribution in [2.45, 2.75) is 20.5 Å². The molecule has 0 bridgehead atoms. The minimum atomic E-state index is -0.409. The van der Waals surface area contributed by atoms with Crippen LogP contribution < -0.4 is 0 Å². The van der Waals surface area contributed by atoms with Gasteiger partial charge >= 0.3 is 0 Å². The quantitative estimate of drug-likeness (QED) is 0.635. The number of halogens is 1. The molecule has 0 aliphatic rings. The number of carbonyl (C=O) groups excluding carboxylic acids is 1. The standard InChI is InChI=1S/C11H9FN2OS3/c1-6(15)7-4-3-5-8(12)9(7)17-11-14-13-10(16-2)18-11/h3-5H,1-2H3. The van der Waals surface area contributed by atoms with Gasteiger partial charge in [-0.15, -0.1) is 10.2 Å². The molecule has 2 aromatic rings. The Labute approximate surface area is 116 Å². The first-order valence-electron chi connectivity index (χ1n) is 4.96. The summed E-state index contributed by atoms with van der Waals surface area (Å²) in [7, 11) is 0. The highest BCUT2D eigenvalue weighted by molar-refractivity contribution is 8.03. The zero-order chi connectivity index (χ0) is 13.1. The van der Waals surface area contributed by atoms with E-state index in [9.17, 15) is 9.18 Å². The molecule has 0 unspecified atom stereocenters. The molecule has 2 rings (SSSR count). The molecule has 0 saturated carbocycles. The Kier molecular flexibility index (Phi) is 4.36. The van der Waals surface area contributed by atoms with Crippen LogP contribution in [-0.2, 0) is 0 Å². The molecular formula is C11H9FN2OS3. The Hall–Kier alpha value is -0.920. The molecule has 1 heterocycles. The number of nitrogens with zero attached hydrogens (tertiary/aromatic N) is 2. The first-order valence-corrected chi connectivity index (χ1v) is 7.82. The van der Waals surface area contributed by atoms with Crippen LogP contribution in [0.3, 0.4) is 0 Å². The lowest BCUT2D eigenvalue weighted by molar-refractivity contribution is 0.101. The molecule has 0 aliphatic carbocycles. The fraction of sp³-hybridized carbons (Fsp3) is 0.182. The van der Waals surface area contributed by atoms with Gasteiger partial charge < -0.3 is 0 Å². The van der Waals surface area contributed by atoms with Crippen molar-refractivity contribution in [3.8, 4) is 0 Å². The third kappa shape index (κ3) is 2.90. The second kappa shape index (κ2) is 5.81. The van der Waals surface area contributed by atoms with Gasteiger partial charge in [-0.05, 0) is 19.2 Å². The average Bonchev–Trinajstić information content (AvgIpc) is 2.79. The van der Waals surface area contributed by atoms with Gasteiger partial charge in [0.2, 0.25) is 0 Å². The molecule has 94 valence electrons. The minimum Gasteiger partial charge on any atom is -0.294 e.